The molecule has 0 amide bonds. The van der Waals surface area contributed by atoms with Crippen LogP contribution in [0.4, 0.5) is 30.5 Å². The fourth-order valence-corrected chi connectivity index (χ4v) is 2.30. The van der Waals surface area contributed by atoms with Crippen molar-refractivity contribution in [3.05, 3.63) is 46.1 Å². The van der Waals surface area contributed by atoms with Gasteiger partial charge in [-0.2, -0.15) is 18.2 Å². The van der Waals surface area contributed by atoms with Gasteiger partial charge in [-0.05, 0) is 18.9 Å². The van der Waals surface area contributed by atoms with Gasteiger partial charge in [0.05, 0.1) is 11.5 Å². The first-order valence-corrected chi connectivity index (χ1v) is 8.23. The van der Waals surface area contributed by atoms with Crippen LogP contribution in [-0.2, 0) is 6.18 Å². The number of hydrogen-bond acceptors (Lipinski definition) is 6. The Morgan fingerprint density at radius 2 is 1.96 bits per heavy atom. The first kappa shape index (κ1) is 20.4. The number of nitro groups is 1. The lowest BCUT2D eigenvalue weighted by molar-refractivity contribution is -0.384. The van der Waals surface area contributed by atoms with Crippen LogP contribution in [-0.4, -0.2) is 28.0 Å². The third kappa shape index (κ3) is 4.83. The number of ether oxygens (including phenoxy) is 1. The zero-order chi connectivity index (χ0) is 20.2. The van der Waals surface area contributed by atoms with Crippen molar-refractivity contribution in [2.24, 2.45) is 5.92 Å². The van der Waals surface area contributed by atoms with Crippen LogP contribution in [0, 0.1) is 16.0 Å². The van der Waals surface area contributed by atoms with Crippen LogP contribution in [0.15, 0.2) is 30.5 Å². The molecule has 27 heavy (non-hydrogen) atoms. The molecule has 146 valence electrons. The number of nitro benzene ring substituents is 1. The molecule has 0 bridgehead atoms. The van der Waals surface area contributed by atoms with Crippen molar-refractivity contribution in [2.45, 2.75) is 26.9 Å². The standard InChI is InChI=1S/C17H19F3N4O3/c1-4-23(13-7-5-6-8-14(13)24(25)26)16-21-9-12(17(18,19)20)15(22-16)27-10-11(2)3/h5-9,11H,4,10H2,1-3H3. The predicted octanol–water partition coefficient (Wildman–Crippen LogP) is 4.60. The molecule has 2 aromatic rings. The molecule has 0 aliphatic carbocycles. The topological polar surface area (TPSA) is 81.4 Å². The third-order valence-corrected chi connectivity index (χ3v) is 3.53. The monoisotopic (exact) mass is 384 g/mol. The van der Waals surface area contributed by atoms with Gasteiger partial charge in [0, 0.05) is 18.8 Å². The molecule has 7 nitrogen and oxygen atoms in total. The van der Waals surface area contributed by atoms with Gasteiger partial charge in [0.25, 0.3) is 5.69 Å². The van der Waals surface area contributed by atoms with Crippen LogP contribution in [0.2, 0.25) is 0 Å². The fraction of sp³-hybridized carbons (Fsp3) is 0.412. The first-order valence-electron chi connectivity index (χ1n) is 8.23. The van der Waals surface area contributed by atoms with Gasteiger partial charge >= 0.3 is 6.18 Å². The minimum absolute atomic E-state index is 0.0120. The van der Waals surface area contributed by atoms with Gasteiger partial charge in [0.1, 0.15) is 11.3 Å². The van der Waals surface area contributed by atoms with Gasteiger partial charge in [-0.15, -0.1) is 0 Å². The summed E-state index contributed by atoms with van der Waals surface area (Å²) in [4.78, 5) is 19.7. The van der Waals surface area contributed by atoms with E-state index in [1.165, 1.54) is 23.1 Å². The van der Waals surface area contributed by atoms with Gasteiger partial charge < -0.3 is 9.64 Å². The van der Waals surface area contributed by atoms with Crippen molar-refractivity contribution < 1.29 is 22.8 Å². The Hall–Kier alpha value is -2.91. The Balaban J connectivity index is 2.53. The van der Waals surface area contributed by atoms with Gasteiger partial charge in [0.2, 0.25) is 11.8 Å². The maximum absolute atomic E-state index is 13.2. The Bertz CT molecular complexity index is 812. The molecule has 0 radical (unpaired) electrons. The van der Waals surface area contributed by atoms with Crippen molar-refractivity contribution in [3.63, 3.8) is 0 Å². The molecule has 1 aromatic carbocycles. The van der Waals surface area contributed by atoms with E-state index in [-0.39, 0.29) is 36.4 Å². The SMILES string of the molecule is CCN(c1ncc(C(F)(F)F)c(OCC(C)C)n1)c1ccccc1[N+](=O)[O-]. The molecule has 0 N–H and O–H groups in total. The molecule has 0 unspecified atom stereocenters. The molecule has 2 rings (SSSR count). The van der Waals surface area contributed by atoms with E-state index in [0.717, 1.165) is 0 Å². The summed E-state index contributed by atoms with van der Waals surface area (Å²) < 4.78 is 44.9. The Morgan fingerprint density at radius 1 is 1.30 bits per heavy atom. The van der Waals surface area contributed by atoms with Crippen molar-refractivity contribution in [3.8, 4) is 5.88 Å². The second kappa shape index (κ2) is 8.19. The van der Waals surface area contributed by atoms with Crippen molar-refractivity contribution in [1.82, 2.24) is 9.97 Å². The summed E-state index contributed by atoms with van der Waals surface area (Å²) in [6.45, 7) is 5.52. The Morgan fingerprint density at radius 3 is 2.52 bits per heavy atom. The maximum Gasteiger partial charge on any atom is 0.423 e. The number of halogens is 3. The Kier molecular flexibility index (Phi) is 6.19. The van der Waals surface area contributed by atoms with Crippen LogP contribution in [0.3, 0.4) is 0 Å². The van der Waals surface area contributed by atoms with Gasteiger partial charge in [-0.25, -0.2) is 4.98 Å². The summed E-state index contributed by atoms with van der Waals surface area (Å²) in [6, 6.07) is 5.88. The van der Waals surface area contributed by atoms with Crippen LogP contribution in [0.5, 0.6) is 5.88 Å². The molecule has 0 saturated carbocycles. The normalized spacial score (nSPS) is 11.5. The fourth-order valence-electron chi connectivity index (χ4n) is 2.30. The molecule has 0 saturated heterocycles. The summed E-state index contributed by atoms with van der Waals surface area (Å²) in [6.07, 6.45) is -4.05. The lowest BCUT2D eigenvalue weighted by atomic mass is 10.2. The molecule has 0 fully saturated rings. The van der Waals surface area contributed by atoms with E-state index in [1.807, 2.05) is 0 Å². The van der Waals surface area contributed by atoms with Crippen LogP contribution >= 0.6 is 0 Å². The average Bonchev–Trinajstić information content (AvgIpc) is 2.60. The van der Waals surface area contributed by atoms with E-state index in [9.17, 15) is 23.3 Å². The number of hydrogen-bond donors (Lipinski definition) is 0. The number of anilines is 2. The molecule has 1 heterocycles. The second-order valence-electron chi connectivity index (χ2n) is 6.08. The smallest absolute Gasteiger partial charge is 0.423 e. The van der Waals surface area contributed by atoms with Gasteiger partial charge in [-0.3, -0.25) is 10.1 Å². The largest absolute Gasteiger partial charge is 0.477 e. The highest BCUT2D eigenvalue weighted by molar-refractivity contribution is 5.69. The highest BCUT2D eigenvalue weighted by Crippen LogP contribution is 2.37. The molecular formula is C17H19F3N4O3. The second-order valence-corrected chi connectivity index (χ2v) is 6.08. The number of aromatic nitrogens is 2. The number of alkyl halides is 3. The summed E-state index contributed by atoms with van der Waals surface area (Å²) in [5.74, 6) is -0.723. The van der Waals surface area contributed by atoms with Gasteiger partial charge in [-0.1, -0.05) is 26.0 Å². The van der Waals surface area contributed by atoms with Crippen molar-refractivity contribution in [2.75, 3.05) is 18.1 Å². The van der Waals surface area contributed by atoms with Crippen LogP contribution in [0.1, 0.15) is 26.3 Å². The van der Waals surface area contributed by atoms with Crippen molar-refractivity contribution in [1.29, 1.82) is 0 Å². The quantitative estimate of drug-likeness (QED) is 0.513. The van der Waals surface area contributed by atoms with E-state index in [0.29, 0.717) is 6.20 Å². The molecule has 10 heteroatoms. The lowest BCUT2D eigenvalue weighted by Gasteiger charge is -2.22. The highest BCUT2D eigenvalue weighted by Gasteiger charge is 2.37. The maximum atomic E-state index is 13.2. The average molecular weight is 384 g/mol. The number of benzene rings is 1. The minimum atomic E-state index is -4.68. The van der Waals surface area contributed by atoms with E-state index >= 15 is 0 Å². The first-order chi connectivity index (χ1) is 12.6. The summed E-state index contributed by atoms with van der Waals surface area (Å²) in [7, 11) is 0. The molecular weight excluding hydrogens is 365 g/mol. The molecule has 0 spiro atoms. The number of nitrogens with zero attached hydrogens (tertiary/aromatic N) is 4. The van der Waals surface area contributed by atoms with Crippen molar-refractivity contribution >= 4 is 17.3 Å². The zero-order valence-corrected chi connectivity index (χ0v) is 15.0. The third-order valence-electron chi connectivity index (χ3n) is 3.53. The summed E-state index contributed by atoms with van der Waals surface area (Å²) >= 11 is 0. The van der Waals surface area contributed by atoms with Crippen LogP contribution in [0.25, 0.3) is 0 Å². The van der Waals surface area contributed by atoms with E-state index in [4.69, 9.17) is 4.74 Å². The Labute approximate surface area is 154 Å². The lowest BCUT2D eigenvalue weighted by Crippen LogP contribution is -2.22. The minimum Gasteiger partial charge on any atom is -0.477 e. The van der Waals surface area contributed by atoms with E-state index in [1.54, 1.807) is 26.8 Å². The van der Waals surface area contributed by atoms with E-state index < -0.39 is 22.5 Å². The summed E-state index contributed by atoms with van der Waals surface area (Å²) in [5.41, 5.74) is -1.11. The molecule has 0 aliphatic rings. The molecule has 1 aromatic heterocycles. The number of rotatable bonds is 7. The summed E-state index contributed by atoms with van der Waals surface area (Å²) in [5, 5.41) is 11.3. The zero-order valence-electron chi connectivity index (χ0n) is 15.0. The van der Waals surface area contributed by atoms with Gasteiger partial charge in [0.15, 0.2) is 0 Å². The molecule has 0 atom stereocenters. The number of para-hydroxylation sites is 2. The highest BCUT2D eigenvalue weighted by atomic mass is 19.4. The molecule has 0 aliphatic heterocycles. The predicted molar refractivity (Wildman–Crippen MR) is 93.1 cm³/mol. The van der Waals surface area contributed by atoms with Crippen LogP contribution < -0.4 is 9.64 Å². The van der Waals surface area contributed by atoms with E-state index in [2.05, 4.69) is 9.97 Å².